The summed E-state index contributed by atoms with van der Waals surface area (Å²) >= 11 is 8.25. The zero-order valence-corrected chi connectivity index (χ0v) is 18.3. The molecule has 30 heavy (non-hydrogen) atoms. The zero-order chi connectivity index (χ0) is 21.1. The fourth-order valence-electron chi connectivity index (χ4n) is 2.46. The lowest BCUT2D eigenvalue weighted by Gasteiger charge is -2.07. The van der Waals surface area contributed by atoms with Crippen molar-refractivity contribution >= 4 is 61.0 Å². The van der Waals surface area contributed by atoms with Crippen LogP contribution in [-0.2, 0) is 10.0 Å². The zero-order valence-electron chi connectivity index (χ0n) is 15.1. The molecule has 0 aliphatic rings. The van der Waals surface area contributed by atoms with Gasteiger partial charge in [-0.1, -0.05) is 41.1 Å². The van der Waals surface area contributed by atoms with E-state index >= 15 is 0 Å². The maximum Gasteiger partial charge on any atom is 0.271 e. The Morgan fingerprint density at radius 2 is 1.70 bits per heavy atom. The third-order valence-corrected chi connectivity index (χ3v) is 7.81. The van der Waals surface area contributed by atoms with Gasteiger partial charge in [0.2, 0.25) is 5.13 Å². The quantitative estimate of drug-likeness (QED) is 0.409. The van der Waals surface area contributed by atoms with Crippen LogP contribution < -0.4 is 10.0 Å². The van der Waals surface area contributed by atoms with Crippen molar-refractivity contribution in [2.24, 2.45) is 0 Å². The van der Waals surface area contributed by atoms with Crippen LogP contribution in [0.15, 0.2) is 70.3 Å². The van der Waals surface area contributed by atoms with Crippen molar-refractivity contribution in [2.45, 2.75) is 4.21 Å². The third kappa shape index (κ3) is 4.68. The van der Waals surface area contributed by atoms with Crippen molar-refractivity contribution in [2.75, 3.05) is 10.0 Å². The number of aromatic nitrogens is 2. The molecule has 0 atom stereocenters. The maximum atomic E-state index is 12.5. The van der Waals surface area contributed by atoms with Gasteiger partial charge in [0.25, 0.3) is 15.9 Å². The number of hydrogen-bond donors (Lipinski definition) is 2. The Morgan fingerprint density at radius 3 is 2.37 bits per heavy atom. The molecule has 11 heteroatoms. The molecule has 0 aliphatic carbocycles. The summed E-state index contributed by atoms with van der Waals surface area (Å²) in [5.41, 5.74) is 1.57. The van der Waals surface area contributed by atoms with Crippen molar-refractivity contribution in [3.05, 3.63) is 76.6 Å². The molecule has 152 valence electrons. The minimum Gasteiger partial charge on any atom is -0.296 e. The average Bonchev–Trinajstić information content (AvgIpc) is 3.41. The van der Waals surface area contributed by atoms with Crippen LogP contribution in [0.2, 0.25) is 5.02 Å². The molecule has 0 saturated heterocycles. The van der Waals surface area contributed by atoms with E-state index in [0.29, 0.717) is 26.4 Å². The van der Waals surface area contributed by atoms with Gasteiger partial charge in [0, 0.05) is 21.8 Å². The molecule has 0 spiro atoms. The van der Waals surface area contributed by atoms with Crippen LogP contribution in [0.4, 0.5) is 10.8 Å². The number of nitrogens with one attached hydrogen (secondary N) is 2. The molecular weight excluding hydrogens is 464 g/mol. The van der Waals surface area contributed by atoms with E-state index in [1.165, 1.54) is 41.7 Å². The highest BCUT2D eigenvalue weighted by Gasteiger charge is 2.16. The first kappa shape index (κ1) is 20.5. The van der Waals surface area contributed by atoms with Gasteiger partial charge in [0.05, 0.1) is 0 Å². The van der Waals surface area contributed by atoms with Crippen LogP contribution in [0.5, 0.6) is 0 Å². The Morgan fingerprint density at radius 1 is 0.967 bits per heavy atom. The minimum absolute atomic E-state index is 0.220. The number of anilines is 2. The number of rotatable bonds is 6. The van der Waals surface area contributed by atoms with Crippen LogP contribution in [-0.4, -0.2) is 24.5 Å². The van der Waals surface area contributed by atoms with Gasteiger partial charge in [-0.2, -0.15) is 0 Å². The van der Waals surface area contributed by atoms with Crippen LogP contribution in [0.3, 0.4) is 0 Å². The largest absolute Gasteiger partial charge is 0.296 e. The Bertz CT molecular complexity index is 1270. The molecule has 2 aromatic heterocycles. The SMILES string of the molecule is O=C(Nc1nnc(-c2ccc(Cl)cc2)s1)c1ccc(NS(=O)(=O)c2cccs2)cc1. The number of thiophene rings is 1. The number of sulfonamides is 1. The van der Waals surface area contributed by atoms with E-state index in [9.17, 15) is 13.2 Å². The summed E-state index contributed by atoms with van der Waals surface area (Å²) < 4.78 is 27.2. The second-order valence-corrected chi connectivity index (χ2v) is 10.3. The Kier molecular flexibility index (Phi) is 5.82. The third-order valence-electron chi connectivity index (χ3n) is 3.90. The molecule has 7 nitrogen and oxygen atoms in total. The topological polar surface area (TPSA) is 101 Å². The summed E-state index contributed by atoms with van der Waals surface area (Å²) in [5, 5.41) is 14.1. The molecule has 2 heterocycles. The van der Waals surface area contributed by atoms with Crippen molar-refractivity contribution in [3.63, 3.8) is 0 Å². The number of carbonyl (C=O) groups is 1. The normalized spacial score (nSPS) is 11.2. The van der Waals surface area contributed by atoms with Gasteiger partial charge in [0.1, 0.15) is 9.22 Å². The van der Waals surface area contributed by atoms with Crippen molar-refractivity contribution in [1.82, 2.24) is 10.2 Å². The fourth-order valence-corrected chi connectivity index (χ4v) is 5.39. The van der Waals surface area contributed by atoms with Crippen molar-refractivity contribution in [1.29, 1.82) is 0 Å². The van der Waals surface area contributed by atoms with E-state index in [1.807, 2.05) is 12.1 Å². The molecule has 1 amide bonds. The number of hydrogen-bond acceptors (Lipinski definition) is 7. The number of nitrogens with zero attached hydrogens (tertiary/aromatic N) is 2. The van der Waals surface area contributed by atoms with E-state index in [2.05, 4.69) is 20.2 Å². The summed E-state index contributed by atoms with van der Waals surface area (Å²) in [6.45, 7) is 0. The van der Waals surface area contributed by atoms with Crippen LogP contribution in [0.1, 0.15) is 10.4 Å². The van der Waals surface area contributed by atoms with Crippen LogP contribution >= 0.6 is 34.3 Å². The predicted molar refractivity (Wildman–Crippen MR) is 120 cm³/mol. The smallest absolute Gasteiger partial charge is 0.271 e. The number of carbonyl (C=O) groups excluding carboxylic acids is 1. The highest BCUT2D eigenvalue weighted by atomic mass is 35.5. The second kappa shape index (κ2) is 8.52. The molecule has 4 aromatic rings. The summed E-state index contributed by atoms with van der Waals surface area (Å²) in [4.78, 5) is 12.5. The minimum atomic E-state index is -3.63. The number of benzene rings is 2. The standard InChI is InChI=1S/C19H13ClN4O3S3/c20-14-7-3-13(4-8-14)18-22-23-19(29-18)21-17(25)12-5-9-15(10-6-12)24-30(26,27)16-2-1-11-28-16/h1-11,24H,(H,21,23,25). The monoisotopic (exact) mass is 476 g/mol. The lowest BCUT2D eigenvalue weighted by atomic mass is 10.2. The molecule has 0 radical (unpaired) electrons. The first-order valence-corrected chi connectivity index (χ1v) is 12.0. The molecular formula is C19H13ClN4O3S3. The molecule has 0 unspecified atom stereocenters. The Labute approximate surface area is 185 Å². The van der Waals surface area contributed by atoms with E-state index in [1.54, 1.807) is 23.6 Å². The van der Waals surface area contributed by atoms with E-state index in [4.69, 9.17) is 11.6 Å². The first-order chi connectivity index (χ1) is 14.4. The first-order valence-electron chi connectivity index (χ1n) is 8.48. The van der Waals surface area contributed by atoms with E-state index in [0.717, 1.165) is 16.9 Å². The average molecular weight is 477 g/mol. The van der Waals surface area contributed by atoms with Crippen molar-refractivity contribution < 1.29 is 13.2 Å². The molecule has 0 saturated carbocycles. The predicted octanol–water partition coefficient (Wildman–Crippen LogP) is 4.97. The van der Waals surface area contributed by atoms with Gasteiger partial charge in [0.15, 0.2) is 0 Å². The van der Waals surface area contributed by atoms with Gasteiger partial charge in [-0.25, -0.2) is 8.42 Å². The summed E-state index contributed by atoms with van der Waals surface area (Å²) in [6.07, 6.45) is 0. The lowest BCUT2D eigenvalue weighted by Crippen LogP contribution is -2.13. The number of halogens is 1. The fraction of sp³-hybridized carbons (Fsp3) is 0. The van der Waals surface area contributed by atoms with Gasteiger partial charge < -0.3 is 0 Å². The molecule has 4 rings (SSSR count). The highest BCUT2D eigenvalue weighted by molar-refractivity contribution is 7.94. The van der Waals surface area contributed by atoms with E-state index < -0.39 is 10.0 Å². The van der Waals surface area contributed by atoms with Crippen LogP contribution in [0.25, 0.3) is 10.6 Å². The summed E-state index contributed by atoms with van der Waals surface area (Å²) in [5.74, 6) is -0.374. The second-order valence-electron chi connectivity index (χ2n) is 5.99. The molecule has 2 N–H and O–H groups in total. The molecule has 0 fully saturated rings. The van der Waals surface area contributed by atoms with Gasteiger partial charge in [-0.3, -0.25) is 14.8 Å². The molecule has 0 aliphatic heterocycles. The van der Waals surface area contributed by atoms with Gasteiger partial charge >= 0.3 is 0 Å². The number of amides is 1. The van der Waals surface area contributed by atoms with Crippen molar-refractivity contribution in [3.8, 4) is 10.6 Å². The summed E-state index contributed by atoms with van der Waals surface area (Å²) in [6, 6.07) is 16.5. The van der Waals surface area contributed by atoms with Gasteiger partial charge in [-0.05, 0) is 47.8 Å². The van der Waals surface area contributed by atoms with E-state index in [-0.39, 0.29) is 10.1 Å². The highest BCUT2D eigenvalue weighted by Crippen LogP contribution is 2.27. The summed E-state index contributed by atoms with van der Waals surface area (Å²) in [7, 11) is -3.63. The van der Waals surface area contributed by atoms with Gasteiger partial charge in [-0.15, -0.1) is 21.5 Å². The lowest BCUT2D eigenvalue weighted by molar-refractivity contribution is 0.102. The Balaban J connectivity index is 1.42. The van der Waals surface area contributed by atoms with Crippen LogP contribution in [0, 0.1) is 0 Å². The molecule has 2 aromatic carbocycles. The Hall–Kier alpha value is -2.79. The maximum absolute atomic E-state index is 12.5. The molecule has 0 bridgehead atoms.